The van der Waals surface area contributed by atoms with Gasteiger partial charge in [0.1, 0.15) is 0 Å². The SMILES string of the molecule is OB(O)c1cccc(-c2ccc3c4cc5c6ccccc6n(-c6ccccc6)c5cc4n(C4=CC=CC=CC4)c3c2)c1. The van der Waals surface area contributed by atoms with Crippen molar-refractivity contribution in [2.45, 2.75) is 6.42 Å². The Balaban J connectivity index is 1.48. The second kappa shape index (κ2) is 9.77. The molecule has 2 heterocycles. The van der Waals surface area contributed by atoms with E-state index in [0.717, 1.165) is 34.3 Å². The molecule has 0 unspecified atom stereocenters. The quantitative estimate of drug-likeness (QED) is 0.225. The summed E-state index contributed by atoms with van der Waals surface area (Å²) >= 11 is 0. The maximum Gasteiger partial charge on any atom is 0.488 e. The van der Waals surface area contributed by atoms with Crippen molar-refractivity contribution in [2.75, 3.05) is 0 Å². The summed E-state index contributed by atoms with van der Waals surface area (Å²) in [5, 5.41) is 24.4. The fourth-order valence-corrected chi connectivity index (χ4v) is 6.43. The highest BCUT2D eigenvalue weighted by Crippen LogP contribution is 2.41. The van der Waals surface area contributed by atoms with Crippen LogP contribution < -0.4 is 5.46 Å². The number of rotatable bonds is 4. The van der Waals surface area contributed by atoms with Gasteiger partial charge in [0, 0.05) is 39.4 Å². The van der Waals surface area contributed by atoms with E-state index in [1.54, 1.807) is 6.07 Å². The number of aromatic nitrogens is 2. The largest absolute Gasteiger partial charge is 0.488 e. The Labute approximate surface area is 243 Å². The van der Waals surface area contributed by atoms with Crippen LogP contribution >= 0.6 is 0 Å². The van der Waals surface area contributed by atoms with Gasteiger partial charge in [0.15, 0.2) is 0 Å². The third-order valence-corrected chi connectivity index (χ3v) is 8.35. The van der Waals surface area contributed by atoms with Crippen LogP contribution in [0, 0.1) is 0 Å². The van der Waals surface area contributed by atoms with Crippen LogP contribution in [0.1, 0.15) is 6.42 Å². The number of benzene rings is 5. The number of hydrogen-bond acceptors (Lipinski definition) is 2. The van der Waals surface area contributed by atoms with Gasteiger partial charge in [-0.3, -0.25) is 0 Å². The summed E-state index contributed by atoms with van der Waals surface area (Å²) in [5.74, 6) is 0. The highest BCUT2D eigenvalue weighted by atomic mass is 16.4. The molecule has 42 heavy (non-hydrogen) atoms. The summed E-state index contributed by atoms with van der Waals surface area (Å²) in [7, 11) is -1.51. The molecule has 0 amide bonds. The first-order valence-electron chi connectivity index (χ1n) is 14.2. The highest BCUT2D eigenvalue weighted by molar-refractivity contribution is 6.58. The van der Waals surface area contributed by atoms with Gasteiger partial charge in [-0.2, -0.15) is 0 Å². The lowest BCUT2D eigenvalue weighted by atomic mass is 9.79. The summed E-state index contributed by atoms with van der Waals surface area (Å²) < 4.78 is 4.76. The topological polar surface area (TPSA) is 50.3 Å². The van der Waals surface area contributed by atoms with E-state index in [0.29, 0.717) is 5.46 Å². The Bertz CT molecular complexity index is 2250. The smallest absolute Gasteiger partial charge is 0.423 e. The van der Waals surface area contributed by atoms with Crippen molar-refractivity contribution in [1.29, 1.82) is 0 Å². The second-order valence-corrected chi connectivity index (χ2v) is 10.8. The van der Waals surface area contributed by atoms with Gasteiger partial charge in [-0.15, -0.1) is 0 Å². The first-order chi connectivity index (χ1) is 20.7. The number of fused-ring (bicyclic) bond motifs is 6. The molecule has 8 rings (SSSR count). The Morgan fingerprint density at radius 2 is 1.26 bits per heavy atom. The van der Waals surface area contributed by atoms with Crippen LogP contribution in [0.4, 0.5) is 0 Å². The Morgan fingerprint density at radius 1 is 0.524 bits per heavy atom. The molecule has 5 heteroatoms. The van der Waals surface area contributed by atoms with Gasteiger partial charge >= 0.3 is 7.12 Å². The standard InChI is InChI=1S/C37H27BN2O2/c41-38(42)27-12-10-11-25(21-27)26-19-20-31-33-23-32-30-17-8-9-18-34(30)39(28-15-6-3-7-16-28)36(32)24-37(33)40(35(31)22-26)29-13-4-1-2-5-14-29/h1-13,15-24,41-42H,14H2. The summed E-state index contributed by atoms with van der Waals surface area (Å²) in [4.78, 5) is 0. The summed E-state index contributed by atoms with van der Waals surface area (Å²) in [6.07, 6.45) is 11.5. The maximum absolute atomic E-state index is 9.78. The molecule has 1 aliphatic carbocycles. The lowest BCUT2D eigenvalue weighted by Gasteiger charge is -2.12. The molecule has 2 aromatic heterocycles. The number of allylic oxidation sites excluding steroid dienone is 6. The Morgan fingerprint density at radius 3 is 2.12 bits per heavy atom. The number of nitrogens with zero attached hydrogens (tertiary/aromatic N) is 2. The minimum absolute atomic E-state index is 0.478. The molecule has 0 radical (unpaired) electrons. The minimum Gasteiger partial charge on any atom is -0.423 e. The van der Waals surface area contributed by atoms with E-state index < -0.39 is 7.12 Å². The van der Waals surface area contributed by atoms with Crippen LogP contribution in [0.2, 0.25) is 0 Å². The van der Waals surface area contributed by atoms with Gasteiger partial charge in [-0.25, -0.2) is 0 Å². The molecule has 0 fully saturated rings. The Hall–Kier alpha value is -5.10. The fourth-order valence-electron chi connectivity index (χ4n) is 6.43. The van der Waals surface area contributed by atoms with E-state index in [2.05, 4.69) is 124 Å². The zero-order chi connectivity index (χ0) is 28.2. The van der Waals surface area contributed by atoms with Crippen LogP contribution in [-0.2, 0) is 0 Å². The van der Waals surface area contributed by atoms with E-state index >= 15 is 0 Å². The van der Waals surface area contributed by atoms with Crippen LogP contribution in [-0.4, -0.2) is 26.3 Å². The Kier molecular flexibility index (Phi) is 5.74. The normalized spacial score (nSPS) is 13.3. The van der Waals surface area contributed by atoms with Crippen molar-refractivity contribution in [3.63, 3.8) is 0 Å². The third-order valence-electron chi connectivity index (χ3n) is 8.35. The molecule has 0 aliphatic heterocycles. The molecule has 0 saturated heterocycles. The fraction of sp³-hybridized carbons (Fsp3) is 0.0270. The number of para-hydroxylation sites is 2. The first kappa shape index (κ1) is 24.7. The zero-order valence-corrected chi connectivity index (χ0v) is 22.9. The van der Waals surface area contributed by atoms with Gasteiger partial charge < -0.3 is 19.2 Å². The van der Waals surface area contributed by atoms with Gasteiger partial charge in [-0.1, -0.05) is 97.1 Å². The van der Waals surface area contributed by atoms with Crippen molar-refractivity contribution < 1.29 is 10.0 Å². The predicted octanol–water partition coefficient (Wildman–Crippen LogP) is 7.60. The molecule has 1 aliphatic rings. The van der Waals surface area contributed by atoms with Crippen LogP contribution in [0.3, 0.4) is 0 Å². The van der Waals surface area contributed by atoms with Crippen LogP contribution in [0.5, 0.6) is 0 Å². The van der Waals surface area contributed by atoms with Crippen molar-refractivity contribution in [3.8, 4) is 16.8 Å². The molecular weight excluding hydrogens is 515 g/mol. The van der Waals surface area contributed by atoms with E-state index in [4.69, 9.17) is 0 Å². The molecule has 2 N–H and O–H groups in total. The molecule has 200 valence electrons. The summed E-state index contributed by atoms with van der Waals surface area (Å²) in [6.45, 7) is 0. The van der Waals surface area contributed by atoms with Crippen molar-refractivity contribution >= 4 is 61.9 Å². The van der Waals surface area contributed by atoms with E-state index in [1.165, 1.54) is 38.3 Å². The monoisotopic (exact) mass is 542 g/mol. The molecule has 0 spiro atoms. The van der Waals surface area contributed by atoms with E-state index in [-0.39, 0.29) is 0 Å². The van der Waals surface area contributed by atoms with Crippen LogP contribution in [0.25, 0.3) is 66.1 Å². The summed E-state index contributed by atoms with van der Waals surface area (Å²) in [6, 6.07) is 37.9. The second-order valence-electron chi connectivity index (χ2n) is 10.8. The van der Waals surface area contributed by atoms with Gasteiger partial charge in [0.05, 0.1) is 22.1 Å². The molecule has 0 atom stereocenters. The van der Waals surface area contributed by atoms with Crippen molar-refractivity contribution in [1.82, 2.24) is 9.13 Å². The van der Waals surface area contributed by atoms with Crippen molar-refractivity contribution in [3.05, 3.63) is 140 Å². The highest BCUT2D eigenvalue weighted by Gasteiger charge is 2.20. The maximum atomic E-state index is 9.78. The first-order valence-corrected chi connectivity index (χ1v) is 14.2. The van der Waals surface area contributed by atoms with Gasteiger partial charge in [0.2, 0.25) is 0 Å². The molecule has 5 aromatic carbocycles. The van der Waals surface area contributed by atoms with Gasteiger partial charge in [-0.05, 0) is 59.1 Å². The third kappa shape index (κ3) is 3.86. The summed E-state index contributed by atoms with van der Waals surface area (Å²) in [5.41, 5.74) is 9.42. The zero-order valence-electron chi connectivity index (χ0n) is 22.9. The predicted molar refractivity (Wildman–Crippen MR) is 176 cm³/mol. The average molecular weight is 542 g/mol. The lowest BCUT2D eigenvalue weighted by molar-refractivity contribution is 0.426. The molecular formula is C37H27BN2O2. The molecule has 7 aromatic rings. The lowest BCUT2D eigenvalue weighted by Crippen LogP contribution is -2.29. The van der Waals surface area contributed by atoms with E-state index in [9.17, 15) is 10.0 Å². The molecule has 4 nitrogen and oxygen atoms in total. The van der Waals surface area contributed by atoms with Gasteiger partial charge in [0.25, 0.3) is 0 Å². The minimum atomic E-state index is -1.51. The molecule has 0 bridgehead atoms. The van der Waals surface area contributed by atoms with E-state index in [1.807, 2.05) is 18.2 Å². The van der Waals surface area contributed by atoms with Crippen molar-refractivity contribution in [2.24, 2.45) is 0 Å². The number of hydrogen-bond donors (Lipinski definition) is 2. The average Bonchev–Trinajstić information content (AvgIpc) is 3.37. The van der Waals surface area contributed by atoms with Crippen LogP contribution in [0.15, 0.2) is 140 Å². The molecule has 0 saturated carbocycles.